The van der Waals surface area contributed by atoms with Crippen LogP contribution in [0.15, 0.2) is 10.9 Å². The van der Waals surface area contributed by atoms with E-state index < -0.39 is 5.69 Å². The van der Waals surface area contributed by atoms with Crippen LogP contribution in [-0.4, -0.2) is 27.3 Å². The Morgan fingerprint density at radius 1 is 1.29 bits per heavy atom. The van der Waals surface area contributed by atoms with Crippen LogP contribution >= 0.6 is 34.8 Å². The van der Waals surface area contributed by atoms with E-state index in [0.717, 1.165) is 4.68 Å². The van der Waals surface area contributed by atoms with Gasteiger partial charge < -0.3 is 4.74 Å². The van der Waals surface area contributed by atoms with Crippen molar-refractivity contribution in [1.29, 1.82) is 0 Å². The van der Waals surface area contributed by atoms with Gasteiger partial charge in [0.15, 0.2) is 0 Å². The van der Waals surface area contributed by atoms with Gasteiger partial charge in [-0.1, -0.05) is 34.8 Å². The van der Waals surface area contributed by atoms with Crippen molar-refractivity contribution >= 4 is 34.8 Å². The van der Waals surface area contributed by atoms with Crippen LogP contribution in [0.1, 0.15) is 0 Å². The lowest BCUT2D eigenvalue weighted by Crippen LogP contribution is -2.16. The van der Waals surface area contributed by atoms with Crippen LogP contribution in [0.25, 0.3) is 5.69 Å². The summed E-state index contributed by atoms with van der Waals surface area (Å²) in [6.45, 7) is 0. The summed E-state index contributed by atoms with van der Waals surface area (Å²) in [5, 5.41) is 9.37. The van der Waals surface area contributed by atoms with Crippen molar-refractivity contribution in [3.63, 3.8) is 0 Å². The fourth-order valence-corrected chi connectivity index (χ4v) is 1.92. The molecule has 0 saturated carbocycles. The minimum Gasteiger partial charge on any atom is -0.495 e. The van der Waals surface area contributed by atoms with Gasteiger partial charge in [-0.2, -0.15) is 4.68 Å². The minimum atomic E-state index is -0.549. The molecule has 0 aliphatic rings. The predicted octanol–water partition coefficient (Wildman–Crippen LogP) is 1.92. The Labute approximate surface area is 110 Å². The number of aromatic amines is 1. The molecule has 9 heteroatoms. The number of rotatable bonds is 2. The Bertz CT molecular complexity index is 622. The van der Waals surface area contributed by atoms with E-state index in [1.807, 2.05) is 0 Å². The van der Waals surface area contributed by atoms with Crippen LogP contribution in [0.3, 0.4) is 0 Å². The van der Waals surface area contributed by atoms with E-state index >= 15 is 0 Å². The topological polar surface area (TPSA) is 72.8 Å². The monoisotopic (exact) mass is 294 g/mol. The Balaban J connectivity index is 2.75. The first kappa shape index (κ1) is 12.2. The number of benzene rings is 1. The van der Waals surface area contributed by atoms with Gasteiger partial charge in [-0.25, -0.2) is 9.89 Å². The third kappa shape index (κ3) is 1.99. The maximum Gasteiger partial charge on any atom is 0.365 e. The van der Waals surface area contributed by atoms with E-state index in [1.54, 1.807) is 0 Å². The highest BCUT2D eigenvalue weighted by Crippen LogP contribution is 2.40. The molecule has 2 rings (SSSR count). The van der Waals surface area contributed by atoms with Crippen molar-refractivity contribution in [2.24, 2.45) is 0 Å². The molecule has 1 N–H and O–H groups in total. The van der Waals surface area contributed by atoms with Gasteiger partial charge in [-0.15, -0.1) is 0 Å². The number of methoxy groups -OCH3 is 1. The molecule has 0 aliphatic heterocycles. The average molecular weight is 296 g/mol. The summed E-state index contributed by atoms with van der Waals surface area (Å²) in [5.74, 6) is 0.283. The van der Waals surface area contributed by atoms with Gasteiger partial charge in [0, 0.05) is 6.07 Å². The van der Waals surface area contributed by atoms with Gasteiger partial charge in [-0.05, 0) is 10.4 Å². The highest BCUT2D eigenvalue weighted by atomic mass is 35.5. The van der Waals surface area contributed by atoms with Crippen molar-refractivity contribution in [2.45, 2.75) is 0 Å². The summed E-state index contributed by atoms with van der Waals surface area (Å²) in [6, 6.07) is 1.44. The molecule has 0 aliphatic carbocycles. The molecule has 1 aromatic heterocycles. The van der Waals surface area contributed by atoms with Gasteiger partial charge in [0.2, 0.25) is 0 Å². The molecule has 0 fully saturated rings. The molecule has 0 saturated heterocycles. The molecule has 1 heterocycles. The lowest BCUT2D eigenvalue weighted by molar-refractivity contribution is 0.414. The second kappa shape index (κ2) is 4.56. The summed E-state index contributed by atoms with van der Waals surface area (Å²) in [7, 11) is 1.42. The molecule has 90 valence electrons. The van der Waals surface area contributed by atoms with Gasteiger partial charge in [0.05, 0.1) is 22.8 Å². The molecule has 0 amide bonds. The quantitative estimate of drug-likeness (QED) is 0.859. The van der Waals surface area contributed by atoms with Gasteiger partial charge in [0.1, 0.15) is 10.8 Å². The molecule has 0 unspecified atom stereocenters. The average Bonchev–Trinajstić information content (AvgIpc) is 2.73. The van der Waals surface area contributed by atoms with Crippen LogP contribution in [0.2, 0.25) is 15.1 Å². The summed E-state index contributed by atoms with van der Waals surface area (Å²) in [6.07, 6.45) is 0. The Morgan fingerprint density at radius 3 is 2.53 bits per heavy atom. The number of ether oxygens (including phenoxy) is 1. The molecule has 0 spiro atoms. The molecule has 0 bridgehead atoms. The fraction of sp³-hybridized carbons (Fsp3) is 0.125. The molecule has 2 aromatic rings. The molecular formula is C8H5Cl3N4O2. The molecule has 17 heavy (non-hydrogen) atoms. The smallest absolute Gasteiger partial charge is 0.365 e. The lowest BCUT2D eigenvalue weighted by Gasteiger charge is -2.10. The summed E-state index contributed by atoms with van der Waals surface area (Å²) in [4.78, 5) is 11.4. The Kier molecular flexibility index (Phi) is 3.28. The second-order valence-corrected chi connectivity index (χ2v) is 4.09. The van der Waals surface area contributed by atoms with Crippen LogP contribution in [-0.2, 0) is 0 Å². The van der Waals surface area contributed by atoms with E-state index in [9.17, 15) is 4.79 Å². The number of nitrogens with one attached hydrogen (secondary N) is 1. The number of hydrogen-bond donors (Lipinski definition) is 1. The van der Waals surface area contributed by atoms with Crippen molar-refractivity contribution in [3.05, 3.63) is 31.6 Å². The third-order valence-electron chi connectivity index (χ3n) is 2.01. The van der Waals surface area contributed by atoms with Crippen LogP contribution in [0, 0.1) is 0 Å². The van der Waals surface area contributed by atoms with Crippen molar-refractivity contribution < 1.29 is 4.74 Å². The number of aromatic nitrogens is 4. The van der Waals surface area contributed by atoms with E-state index in [1.165, 1.54) is 13.2 Å². The number of H-pyrrole nitrogens is 1. The maximum atomic E-state index is 11.4. The van der Waals surface area contributed by atoms with Gasteiger partial charge >= 0.3 is 5.69 Å². The zero-order valence-corrected chi connectivity index (χ0v) is 10.6. The molecule has 1 aromatic carbocycles. The normalized spacial score (nSPS) is 10.6. The fourth-order valence-electron chi connectivity index (χ4n) is 1.23. The van der Waals surface area contributed by atoms with E-state index in [-0.39, 0.29) is 26.5 Å². The van der Waals surface area contributed by atoms with E-state index in [4.69, 9.17) is 39.5 Å². The summed E-state index contributed by atoms with van der Waals surface area (Å²) >= 11 is 17.8. The number of nitrogens with zero attached hydrogens (tertiary/aromatic N) is 3. The highest BCUT2D eigenvalue weighted by molar-refractivity contribution is 6.49. The Hall–Kier alpha value is -1.24. The first-order chi connectivity index (χ1) is 8.06. The molecule has 0 atom stereocenters. The summed E-state index contributed by atoms with van der Waals surface area (Å²) < 4.78 is 5.96. The number of hydrogen-bond acceptors (Lipinski definition) is 4. The lowest BCUT2D eigenvalue weighted by atomic mass is 10.3. The SMILES string of the molecule is COc1cc(-n2nn[nH]c2=O)c(Cl)c(Cl)c1Cl. The largest absolute Gasteiger partial charge is 0.495 e. The van der Waals surface area contributed by atoms with Crippen LogP contribution in [0.4, 0.5) is 0 Å². The first-order valence-corrected chi connectivity index (χ1v) is 5.42. The van der Waals surface area contributed by atoms with Crippen LogP contribution < -0.4 is 10.4 Å². The molecular weight excluding hydrogens is 290 g/mol. The molecule has 0 radical (unpaired) electrons. The third-order valence-corrected chi connectivity index (χ3v) is 3.34. The summed E-state index contributed by atoms with van der Waals surface area (Å²) in [5.41, 5.74) is -0.316. The van der Waals surface area contributed by atoms with Crippen molar-refractivity contribution in [3.8, 4) is 11.4 Å². The number of tetrazole rings is 1. The second-order valence-electron chi connectivity index (χ2n) is 2.96. The van der Waals surface area contributed by atoms with Crippen LogP contribution in [0.5, 0.6) is 5.75 Å². The predicted molar refractivity (Wildman–Crippen MR) is 63.6 cm³/mol. The maximum absolute atomic E-state index is 11.4. The first-order valence-electron chi connectivity index (χ1n) is 4.28. The number of halogens is 3. The van der Waals surface area contributed by atoms with Crippen molar-refractivity contribution in [2.75, 3.05) is 7.11 Å². The zero-order chi connectivity index (χ0) is 12.6. The van der Waals surface area contributed by atoms with Gasteiger partial charge in [-0.3, -0.25) is 0 Å². The van der Waals surface area contributed by atoms with E-state index in [2.05, 4.69) is 15.5 Å². The minimum absolute atomic E-state index is 0.0811. The molecule has 6 nitrogen and oxygen atoms in total. The van der Waals surface area contributed by atoms with E-state index in [0.29, 0.717) is 0 Å². The van der Waals surface area contributed by atoms with Crippen molar-refractivity contribution in [1.82, 2.24) is 20.2 Å². The zero-order valence-electron chi connectivity index (χ0n) is 8.37. The van der Waals surface area contributed by atoms with Gasteiger partial charge in [0.25, 0.3) is 0 Å². The highest BCUT2D eigenvalue weighted by Gasteiger charge is 2.18. The standard InChI is InChI=1S/C8H5Cl3N4O2/c1-17-4-2-3(5(9)7(11)6(4)10)15-8(16)12-13-14-15/h2H,1H3,(H,12,14,16). The Morgan fingerprint density at radius 2 is 2.00 bits per heavy atom.